The van der Waals surface area contributed by atoms with E-state index in [9.17, 15) is 14.4 Å². The highest BCUT2D eigenvalue weighted by Gasteiger charge is 2.35. The van der Waals surface area contributed by atoms with Crippen LogP contribution < -0.4 is 5.32 Å². The summed E-state index contributed by atoms with van der Waals surface area (Å²) in [6, 6.07) is 1.78. The van der Waals surface area contributed by atoms with Crippen LogP contribution in [0.25, 0.3) is 11.1 Å². The Morgan fingerprint density at radius 1 is 1.20 bits per heavy atom. The van der Waals surface area contributed by atoms with Gasteiger partial charge in [0.2, 0.25) is 17.7 Å². The Morgan fingerprint density at radius 3 is 2.63 bits per heavy atom. The zero-order valence-electron chi connectivity index (χ0n) is 21.0. The van der Waals surface area contributed by atoms with Crippen LogP contribution in [0.2, 0.25) is 5.02 Å². The fraction of sp³-hybridized carbons (Fsp3) is 0.560. The van der Waals surface area contributed by atoms with Crippen LogP contribution in [0.3, 0.4) is 0 Å². The van der Waals surface area contributed by atoms with Crippen molar-refractivity contribution in [1.82, 2.24) is 24.6 Å². The van der Waals surface area contributed by atoms with Gasteiger partial charge in [0.1, 0.15) is 5.82 Å². The van der Waals surface area contributed by atoms with Crippen LogP contribution in [0.15, 0.2) is 18.5 Å². The van der Waals surface area contributed by atoms with Crippen molar-refractivity contribution < 1.29 is 14.4 Å². The molecule has 2 aromatic rings. The van der Waals surface area contributed by atoms with Gasteiger partial charge in [-0.05, 0) is 30.2 Å². The van der Waals surface area contributed by atoms with Crippen molar-refractivity contribution >= 4 is 35.1 Å². The molecular formula is C25H33ClN6O3. The molecule has 2 atom stereocenters. The van der Waals surface area contributed by atoms with Crippen LogP contribution in [0.4, 0.5) is 5.82 Å². The summed E-state index contributed by atoms with van der Waals surface area (Å²) < 4.78 is 2.01. The van der Waals surface area contributed by atoms with Crippen molar-refractivity contribution in [3.05, 3.63) is 29.2 Å². The number of hydrogen-bond acceptors (Lipinski definition) is 5. The van der Waals surface area contributed by atoms with E-state index < -0.39 is 0 Å². The minimum absolute atomic E-state index is 0.0257. The van der Waals surface area contributed by atoms with Gasteiger partial charge in [-0.3, -0.25) is 19.1 Å². The highest BCUT2D eigenvalue weighted by atomic mass is 35.5. The number of fused-ring (bicyclic) bond motifs is 1. The Kier molecular flexibility index (Phi) is 6.90. The standard InChI is InChI=1S/C25H33ClN6O3/c1-15(33)31-12-16(6-17(13-31)24(35)30(4)5)7-23(34)29-22-8-18(20(26)11-27-22)19-10-28-32-14-25(2,3)9-21(19)32/h8,10-11,16-17H,6-7,9,12-14H2,1-5H3,(H,27,29,34)/t16-,17+/m0/s1. The van der Waals surface area contributed by atoms with Crippen LogP contribution in [-0.4, -0.2) is 69.5 Å². The van der Waals surface area contributed by atoms with Crippen LogP contribution in [0, 0.1) is 17.3 Å². The third-order valence-electron chi connectivity index (χ3n) is 6.83. The number of rotatable bonds is 5. The molecule has 2 aliphatic heterocycles. The number of aromatic nitrogens is 3. The number of amides is 3. The molecule has 188 valence electrons. The van der Waals surface area contributed by atoms with Gasteiger partial charge in [-0.25, -0.2) is 4.98 Å². The third-order valence-corrected chi connectivity index (χ3v) is 7.13. The second-order valence-electron chi connectivity index (χ2n) is 10.8. The first-order valence-electron chi connectivity index (χ1n) is 11.9. The molecule has 2 aromatic heterocycles. The average Bonchev–Trinajstić information content (AvgIpc) is 3.29. The van der Waals surface area contributed by atoms with Crippen molar-refractivity contribution in [2.75, 3.05) is 32.5 Å². The molecule has 0 aromatic carbocycles. The molecule has 0 spiro atoms. The summed E-state index contributed by atoms with van der Waals surface area (Å²) in [6.45, 7) is 7.61. The van der Waals surface area contributed by atoms with E-state index in [4.69, 9.17) is 11.6 Å². The number of carbonyl (C=O) groups excluding carboxylic acids is 3. The second-order valence-corrected chi connectivity index (χ2v) is 11.2. The van der Waals surface area contributed by atoms with E-state index in [-0.39, 0.29) is 41.4 Å². The van der Waals surface area contributed by atoms with Crippen molar-refractivity contribution in [2.24, 2.45) is 17.3 Å². The molecule has 1 N–H and O–H groups in total. The maximum absolute atomic E-state index is 12.9. The molecule has 1 saturated heterocycles. The highest BCUT2D eigenvalue weighted by Crippen LogP contribution is 2.39. The maximum atomic E-state index is 12.9. The first-order valence-corrected chi connectivity index (χ1v) is 12.3. The predicted molar refractivity (Wildman–Crippen MR) is 134 cm³/mol. The minimum atomic E-state index is -0.311. The number of anilines is 1. The second kappa shape index (κ2) is 9.60. The molecule has 4 rings (SSSR count). The molecule has 0 saturated carbocycles. The van der Waals surface area contributed by atoms with Crippen LogP contribution >= 0.6 is 11.6 Å². The molecule has 9 nitrogen and oxygen atoms in total. The van der Waals surface area contributed by atoms with Gasteiger partial charge in [0, 0.05) is 70.1 Å². The number of nitrogens with one attached hydrogen (secondary N) is 1. The molecule has 35 heavy (non-hydrogen) atoms. The SMILES string of the molecule is CC(=O)N1C[C@H](CC(=O)Nc2cc(-c3cnn4c3CC(C)(C)C4)c(Cl)cn2)C[C@@H](C(=O)N(C)C)C1. The molecule has 0 aliphatic carbocycles. The molecule has 4 heterocycles. The molecule has 0 radical (unpaired) electrons. The van der Waals surface area contributed by atoms with E-state index in [0.717, 1.165) is 29.8 Å². The van der Waals surface area contributed by atoms with Crippen molar-refractivity contribution in [1.29, 1.82) is 0 Å². The summed E-state index contributed by atoms with van der Waals surface area (Å²) in [6.07, 6.45) is 5.01. The topological polar surface area (TPSA) is 100 Å². The number of hydrogen-bond donors (Lipinski definition) is 1. The Balaban J connectivity index is 1.47. The summed E-state index contributed by atoms with van der Waals surface area (Å²) in [4.78, 5) is 45.0. The third kappa shape index (κ3) is 5.50. The summed E-state index contributed by atoms with van der Waals surface area (Å²) in [5.41, 5.74) is 3.00. The molecule has 0 bridgehead atoms. The van der Waals surface area contributed by atoms with Gasteiger partial charge < -0.3 is 15.1 Å². The summed E-state index contributed by atoms with van der Waals surface area (Å²) in [7, 11) is 3.41. The molecule has 3 amide bonds. The van der Waals surface area contributed by atoms with Crippen molar-refractivity contribution in [3.63, 3.8) is 0 Å². The first kappa shape index (κ1) is 25.2. The molecule has 1 fully saturated rings. The lowest BCUT2D eigenvalue weighted by Gasteiger charge is -2.37. The zero-order valence-corrected chi connectivity index (χ0v) is 21.7. The van der Waals surface area contributed by atoms with E-state index in [1.165, 1.54) is 6.92 Å². The summed E-state index contributed by atoms with van der Waals surface area (Å²) in [5, 5.41) is 7.90. The normalized spacial score (nSPS) is 20.9. The average molecular weight is 501 g/mol. The van der Waals surface area contributed by atoms with Crippen LogP contribution in [-0.2, 0) is 27.3 Å². The Hall–Kier alpha value is -2.94. The van der Waals surface area contributed by atoms with E-state index in [0.29, 0.717) is 30.4 Å². The maximum Gasteiger partial charge on any atom is 0.226 e. The van der Waals surface area contributed by atoms with E-state index >= 15 is 0 Å². The number of piperidine rings is 1. The smallest absolute Gasteiger partial charge is 0.226 e. The minimum Gasteiger partial charge on any atom is -0.349 e. The lowest BCUT2D eigenvalue weighted by atomic mass is 9.86. The Morgan fingerprint density at radius 2 is 1.94 bits per heavy atom. The number of likely N-dealkylation sites (tertiary alicyclic amines) is 1. The number of carbonyl (C=O) groups is 3. The molecular weight excluding hydrogens is 468 g/mol. The van der Waals surface area contributed by atoms with Crippen LogP contribution in [0.5, 0.6) is 0 Å². The van der Waals surface area contributed by atoms with Crippen LogP contribution in [0.1, 0.15) is 39.3 Å². The molecule has 2 aliphatic rings. The van der Waals surface area contributed by atoms with Gasteiger partial charge in [-0.1, -0.05) is 25.4 Å². The molecule has 0 unspecified atom stereocenters. The van der Waals surface area contributed by atoms with Crippen molar-refractivity contribution in [2.45, 2.75) is 46.6 Å². The predicted octanol–water partition coefficient (Wildman–Crippen LogP) is 3.08. The number of pyridine rings is 1. The highest BCUT2D eigenvalue weighted by molar-refractivity contribution is 6.33. The van der Waals surface area contributed by atoms with E-state index in [1.807, 2.05) is 10.9 Å². The van der Waals surface area contributed by atoms with Gasteiger partial charge in [0.05, 0.1) is 17.1 Å². The van der Waals surface area contributed by atoms with Crippen molar-refractivity contribution in [3.8, 4) is 11.1 Å². The van der Waals surface area contributed by atoms with Gasteiger partial charge >= 0.3 is 0 Å². The number of halogens is 1. The van der Waals surface area contributed by atoms with Gasteiger partial charge in [0.25, 0.3) is 0 Å². The lowest BCUT2D eigenvalue weighted by Crippen LogP contribution is -2.48. The number of nitrogens with zero attached hydrogens (tertiary/aromatic N) is 5. The summed E-state index contributed by atoms with van der Waals surface area (Å²) in [5.74, 6) is -0.343. The quantitative estimate of drug-likeness (QED) is 0.680. The molecule has 10 heteroatoms. The van der Waals surface area contributed by atoms with E-state index in [2.05, 4.69) is 29.2 Å². The van der Waals surface area contributed by atoms with Gasteiger partial charge in [-0.2, -0.15) is 5.10 Å². The lowest BCUT2D eigenvalue weighted by molar-refractivity contribution is -0.140. The summed E-state index contributed by atoms with van der Waals surface area (Å²) >= 11 is 6.48. The fourth-order valence-electron chi connectivity index (χ4n) is 5.20. The Labute approximate surface area is 210 Å². The fourth-order valence-corrected chi connectivity index (χ4v) is 5.40. The zero-order chi connectivity index (χ0) is 25.5. The van der Waals surface area contributed by atoms with Gasteiger partial charge in [-0.15, -0.1) is 0 Å². The van der Waals surface area contributed by atoms with E-state index in [1.54, 1.807) is 36.2 Å². The monoisotopic (exact) mass is 500 g/mol. The first-order chi connectivity index (χ1) is 16.4. The Bertz CT molecular complexity index is 1160. The van der Waals surface area contributed by atoms with Gasteiger partial charge in [0.15, 0.2) is 0 Å². The largest absolute Gasteiger partial charge is 0.349 e.